The van der Waals surface area contributed by atoms with Gasteiger partial charge in [-0.3, -0.25) is 28.6 Å². The van der Waals surface area contributed by atoms with E-state index in [1.54, 1.807) is 12.1 Å². The maximum absolute atomic E-state index is 15.3. The van der Waals surface area contributed by atoms with Crippen molar-refractivity contribution in [3.63, 3.8) is 0 Å². The molecule has 3 amide bonds. The molecule has 4 N–H and O–H groups in total. The van der Waals surface area contributed by atoms with Crippen molar-refractivity contribution in [2.24, 2.45) is 0 Å². The van der Waals surface area contributed by atoms with Crippen molar-refractivity contribution in [1.82, 2.24) is 25.1 Å². The fraction of sp³-hybridized carbons (Fsp3) is 0.550. The van der Waals surface area contributed by atoms with Gasteiger partial charge in [-0.1, -0.05) is 36.4 Å². The van der Waals surface area contributed by atoms with Crippen molar-refractivity contribution in [3.05, 3.63) is 70.6 Å². The smallest absolute Gasteiger partial charge is 0.320 e. The van der Waals surface area contributed by atoms with Crippen LogP contribution in [-0.4, -0.2) is 117 Å². The quantitative estimate of drug-likeness (QED) is 0.194. The first kappa shape index (κ1) is 39.1. The molecule has 4 aliphatic heterocycles. The van der Waals surface area contributed by atoms with Crippen LogP contribution in [0.1, 0.15) is 90.9 Å². The molecule has 3 aromatic rings. The number of hydrogen-bond acceptors (Lipinski definition) is 8. The normalized spacial score (nSPS) is 28.3. The number of aliphatic carboxylic acids is 1. The number of amides is 3. The van der Waals surface area contributed by atoms with Crippen molar-refractivity contribution < 1.29 is 42.9 Å². The molecule has 0 bridgehead atoms. The van der Waals surface area contributed by atoms with Gasteiger partial charge in [-0.15, -0.1) is 11.3 Å². The van der Waals surface area contributed by atoms with Crippen LogP contribution in [0.25, 0.3) is 10.1 Å². The standard InChI is InChI=1S/C40H49FN5O8PS/c1-23(39(50)51)43-55(52,53)35(41)25-8-13-33-26(16-25)17-34(56-33)36(47)42-31-11-9-28(44(2)30-21-54-22-30)18-29-10-12-32(46(29)37(31)48)38(49)45-20-27(19-40(45)14-15-40)24-6-4-3-5-7-24/h3-8,13,16-17,23,27-32,35H,9-12,14-15,18-22H2,1-2H3,(H,42,47)(H,50,51)(H2,43,52,53)/t23-,27+,28-,29+,31-,32-,35-/m0/s1. The van der Waals surface area contributed by atoms with Gasteiger partial charge in [-0.05, 0) is 100 Å². The average molecular weight is 810 g/mol. The highest BCUT2D eigenvalue weighted by atomic mass is 32.1. The van der Waals surface area contributed by atoms with E-state index in [2.05, 4.69) is 34.3 Å². The molecule has 8 atom stereocenters. The van der Waals surface area contributed by atoms with Crippen LogP contribution in [-0.2, 0) is 23.7 Å². The molecule has 300 valence electrons. The molecular formula is C40H49FN5O8PS. The van der Waals surface area contributed by atoms with Gasteiger partial charge in [0.2, 0.25) is 17.7 Å². The minimum atomic E-state index is -4.76. The summed E-state index contributed by atoms with van der Waals surface area (Å²) in [5.74, 6) is -4.28. The van der Waals surface area contributed by atoms with E-state index in [4.69, 9.17) is 9.84 Å². The van der Waals surface area contributed by atoms with E-state index in [1.807, 2.05) is 28.2 Å². The molecule has 0 radical (unpaired) electrons. The Morgan fingerprint density at radius 3 is 2.48 bits per heavy atom. The minimum absolute atomic E-state index is 0.00579. The molecule has 5 heterocycles. The van der Waals surface area contributed by atoms with Gasteiger partial charge in [-0.2, -0.15) is 0 Å². The van der Waals surface area contributed by atoms with Crippen molar-refractivity contribution in [2.45, 2.75) is 112 Å². The molecule has 5 aliphatic rings. The molecule has 1 spiro atoms. The van der Waals surface area contributed by atoms with Crippen LogP contribution >= 0.6 is 18.9 Å². The molecule has 1 saturated carbocycles. The Balaban J connectivity index is 1.03. The molecule has 56 heavy (non-hydrogen) atoms. The summed E-state index contributed by atoms with van der Waals surface area (Å²) in [6.07, 6.45) is 5.91. The van der Waals surface area contributed by atoms with Gasteiger partial charge < -0.3 is 29.9 Å². The van der Waals surface area contributed by atoms with Gasteiger partial charge in [-0.25, -0.2) is 9.48 Å². The number of carbonyl (C=O) groups is 4. The summed E-state index contributed by atoms with van der Waals surface area (Å²) in [4.78, 5) is 71.3. The predicted octanol–water partition coefficient (Wildman–Crippen LogP) is 5.01. The number of carboxylic acid groups (broad SMARTS) is 1. The Bertz CT molecular complexity index is 2060. The van der Waals surface area contributed by atoms with E-state index in [0.29, 0.717) is 55.5 Å². The van der Waals surface area contributed by atoms with Gasteiger partial charge >= 0.3 is 13.5 Å². The number of halogens is 1. The number of nitrogens with zero attached hydrogens (tertiary/aromatic N) is 3. The highest BCUT2D eigenvalue weighted by Crippen LogP contribution is 2.55. The topological polar surface area (TPSA) is 169 Å². The van der Waals surface area contributed by atoms with Crippen LogP contribution < -0.4 is 10.4 Å². The van der Waals surface area contributed by atoms with Crippen molar-refractivity contribution in [3.8, 4) is 0 Å². The Kier molecular flexibility index (Phi) is 10.6. The highest BCUT2D eigenvalue weighted by molar-refractivity contribution is 7.56. The zero-order chi connectivity index (χ0) is 39.5. The third-order valence-electron chi connectivity index (χ3n) is 12.8. The number of alkyl halides is 1. The summed E-state index contributed by atoms with van der Waals surface area (Å²) in [6.45, 7) is 3.06. The van der Waals surface area contributed by atoms with Gasteiger partial charge in [0.1, 0.15) is 18.1 Å². The van der Waals surface area contributed by atoms with Gasteiger partial charge in [0.25, 0.3) is 5.91 Å². The Hall–Kier alpha value is -3.72. The third kappa shape index (κ3) is 7.42. The van der Waals surface area contributed by atoms with Gasteiger partial charge in [0, 0.05) is 34.8 Å². The molecule has 8 rings (SSSR count). The van der Waals surface area contributed by atoms with Gasteiger partial charge in [0.15, 0.2) is 0 Å². The molecule has 2 aromatic carbocycles. The van der Waals surface area contributed by atoms with Crippen LogP contribution in [0.15, 0.2) is 54.6 Å². The van der Waals surface area contributed by atoms with Gasteiger partial charge in [0.05, 0.1) is 24.1 Å². The molecular weight excluding hydrogens is 761 g/mol. The summed E-state index contributed by atoms with van der Waals surface area (Å²) >= 11 is 1.15. The van der Waals surface area contributed by atoms with Crippen molar-refractivity contribution in [2.75, 3.05) is 26.8 Å². The number of benzene rings is 2. The number of fused-ring (bicyclic) bond motifs is 2. The Morgan fingerprint density at radius 1 is 1.05 bits per heavy atom. The lowest BCUT2D eigenvalue weighted by Crippen LogP contribution is -2.60. The van der Waals surface area contributed by atoms with E-state index >= 15 is 4.39 Å². The number of carbonyl (C=O) groups excluding carboxylic acids is 3. The number of rotatable bonds is 11. The summed E-state index contributed by atoms with van der Waals surface area (Å²) in [5.41, 5.74) is 0.927. The monoisotopic (exact) mass is 809 g/mol. The Morgan fingerprint density at radius 2 is 1.80 bits per heavy atom. The molecule has 4 saturated heterocycles. The maximum Gasteiger partial charge on any atom is 0.320 e. The largest absolute Gasteiger partial charge is 0.480 e. The van der Waals surface area contributed by atoms with E-state index in [-0.39, 0.29) is 51.8 Å². The molecule has 1 aromatic heterocycles. The molecule has 1 aliphatic carbocycles. The predicted molar refractivity (Wildman–Crippen MR) is 208 cm³/mol. The molecule has 16 heteroatoms. The number of likely N-dealkylation sites (tertiary alicyclic amines) is 1. The average Bonchev–Trinajstić information content (AvgIpc) is 3.44. The maximum atomic E-state index is 15.3. The first-order valence-electron chi connectivity index (χ1n) is 19.5. The minimum Gasteiger partial charge on any atom is -0.480 e. The fourth-order valence-corrected chi connectivity index (χ4v) is 11.6. The number of nitrogens with one attached hydrogen (secondary N) is 2. The summed E-state index contributed by atoms with van der Waals surface area (Å²) in [7, 11) is -2.67. The van der Waals surface area contributed by atoms with Crippen LogP contribution in [0.4, 0.5) is 4.39 Å². The van der Waals surface area contributed by atoms with E-state index < -0.39 is 43.4 Å². The number of hydrogen-bond donors (Lipinski definition) is 4. The van der Waals surface area contributed by atoms with Crippen molar-refractivity contribution in [1.29, 1.82) is 0 Å². The molecule has 13 nitrogen and oxygen atoms in total. The SMILES string of the molecule is C[C@H](NP(=O)(O)[C@H](F)c1ccc2sc(C(=O)N[C@H]3CC[C@H](N(C)C4COC4)C[C@H]4CC[C@@H](C(=O)N5C[C@H](c6ccccc6)CC56CC6)N4C3=O)cc2c1)C(=O)O. The molecule has 1 unspecified atom stereocenters. The summed E-state index contributed by atoms with van der Waals surface area (Å²) < 4.78 is 34.2. The van der Waals surface area contributed by atoms with Crippen LogP contribution in [0.5, 0.6) is 0 Å². The van der Waals surface area contributed by atoms with Crippen LogP contribution in [0.3, 0.4) is 0 Å². The fourth-order valence-electron chi connectivity index (χ4n) is 9.31. The second-order valence-electron chi connectivity index (χ2n) is 16.4. The van der Waals surface area contributed by atoms with E-state index in [1.165, 1.54) is 17.7 Å². The second-order valence-corrected chi connectivity index (χ2v) is 19.4. The third-order valence-corrected chi connectivity index (χ3v) is 15.6. The number of thiophene rings is 1. The number of ether oxygens (including phenoxy) is 1. The zero-order valence-corrected chi connectivity index (χ0v) is 33.2. The van der Waals surface area contributed by atoms with Crippen molar-refractivity contribution >= 4 is 52.6 Å². The number of carboxylic acids is 1. The zero-order valence-electron chi connectivity index (χ0n) is 31.5. The first-order valence-corrected chi connectivity index (χ1v) is 22.1. The molecule has 5 fully saturated rings. The number of likely N-dealkylation sites (N-methyl/N-ethyl adjacent to an activating group) is 1. The lowest BCUT2D eigenvalue weighted by atomic mass is 9.92. The summed E-state index contributed by atoms with van der Waals surface area (Å²) in [6, 6.07) is 13.4. The highest BCUT2D eigenvalue weighted by Gasteiger charge is 2.58. The van der Waals surface area contributed by atoms with E-state index in [0.717, 1.165) is 43.9 Å². The Labute approximate surface area is 329 Å². The lowest BCUT2D eigenvalue weighted by Gasteiger charge is -2.44. The summed E-state index contributed by atoms with van der Waals surface area (Å²) in [5, 5.41) is 14.6. The van der Waals surface area contributed by atoms with Crippen LogP contribution in [0.2, 0.25) is 0 Å². The first-order chi connectivity index (χ1) is 26.7. The lowest BCUT2D eigenvalue weighted by molar-refractivity contribution is -0.149. The second kappa shape index (κ2) is 15.2. The van der Waals surface area contributed by atoms with Crippen LogP contribution in [0, 0.1) is 0 Å². The van der Waals surface area contributed by atoms with E-state index in [9.17, 15) is 28.6 Å².